The van der Waals surface area contributed by atoms with Gasteiger partial charge >= 0.3 is 0 Å². The third kappa shape index (κ3) is 6.99. The Labute approximate surface area is 351 Å². The first-order valence-electron chi connectivity index (χ1n) is 22.0. The summed E-state index contributed by atoms with van der Waals surface area (Å²) in [7, 11) is 0. The quantitative estimate of drug-likeness (QED) is 0.155. The van der Waals surface area contributed by atoms with Crippen molar-refractivity contribution in [2.75, 3.05) is 106 Å². The normalized spacial score (nSPS) is 21.6. The van der Waals surface area contributed by atoms with Crippen LogP contribution < -0.4 is 18.9 Å². The Morgan fingerprint density at radius 2 is 0.567 bits per heavy atom. The molecule has 10 nitrogen and oxygen atoms in total. The van der Waals surface area contributed by atoms with Crippen LogP contribution in [0.25, 0.3) is 21.5 Å². The third-order valence-electron chi connectivity index (χ3n) is 13.5. The van der Waals surface area contributed by atoms with Crippen molar-refractivity contribution in [2.24, 2.45) is 0 Å². The topological polar surface area (TPSA) is 92.3 Å². The minimum absolute atomic E-state index is 0.0811. The lowest BCUT2D eigenvalue weighted by molar-refractivity contribution is 0.00708. The van der Waals surface area contributed by atoms with Crippen LogP contribution in [-0.4, -0.2) is 106 Å². The number of benzene rings is 5. The lowest BCUT2D eigenvalue weighted by atomic mass is 9.68. The molecule has 0 aromatic heterocycles. The van der Waals surface area contributed by atoms with E-state index in [-0.39, 0.29) is 10.8 Å². The van der Waals surface area contributed by atoms with E-state index in [1.165, 1.54) is 54.9 Å². The molecule has 6 aliphatic rings. The van der Waals surface area contributed by atoms with Crippen LogP contribution in [0.4, 0.5) is 0 Å². The van der Waals surface area contributed by atoms with E-state index >= 15 is 0 Å². The van der Waals surface area contributed by atoms with Crippen LogP contribution in [0.1, 0.15) is 44.5 Å². The minimum atomic E-state index is -0.0811. The van der Waals surface area contributed by atoms with Gasteiger partial charge in [0.1, 0.15) is 26.4 Å². The van der Waals surface area contributed by atoms with Crippen LogP contribution in [-0.2, 0) is 77.8 Å². The number of hydrogen-bond donors (Lipinski definition) is 0. The Morgan fingerprint density at radius 1 is 0.300 bits per heavy atom. The molecule has 2 heterocycles. The van der Waals surface area contributed by atoms with Gasteiger partial charge in [0, 0.05) is 10.8 Å². The van der Waals surface area contributed by atoms with E-state index in [4.69, 9.17) is 47.4 Å². The van der Waals surface area contributed by atoms with E-state index in [2.05, 4.69) is 60.7 Å². The monoisotopic (exact) mass is 814 g/mol. The predicted molar refractivity (Wildman–Crippen MR) is 227 cm³/mol. The standard InChI is InChI=1S/C50H54O10/c1-3-33-27-49(29-35-23-41-42(24-36(35)30-49)58-20-16-54-12-8-51-7-11-53-15-19-57-41)47-45(33)39(5-1)40-6-2-4-34-28-50(48(47)46(34)40)31-37-25-43-44(26-38(37)32-50)60-22-18-56-14-10-52-9-13-55-17-21-59-43/h1-6,23-26H,7-22,27-32H2. The summed E-state index contributed by atoms with van der Waals surface area (Å²) in [5.74, 6) is 3.11. The summed E-state index contributed by atoms with van der Waals surface area (Å²) in [4.78, 5) is 0. The predicted octanol–water partition coefficient (Wildman–Crippen LogP) is 6.82. The molecule has 314 valence electrons. The molecule has 5 aromatic carbocycles. The van der Waals surface area contributed by atoms with Crippen LogP contribution in [0, 0.1) is 0 Å². The molecular weight excluding hydrogens is 761 g/mol. The first-order valence-corrected chi connectivity index (χ1v) is 22.0. The highest BCUT2D eigenvalue weighted by atomic mass is 16.6. The van der Waals surface area contributed by atoms with E-state index in [0.29, 0.717) is 106 Å². The lowest BCUT2D eigenvalue weighted by Gasteiger charge is -2.34. The molecule has 2 aliphatic heterocycles. The fourth-order valence-electron chi connectivity index (χ4n) is 11.3. The SMILES string of the molecule is c1cc2c3c(c4c5c(cccc5c3c1)CC41Cc3cc4c(cc3C1)OCCOCCOCCOCCO4)C1(Cc3cc4c(cc3C1)OCCOCCOCCOCCO4)C2. The molecule has 2 spiro atoms. The van der Waals surface area contributed by atoms with Crippen LogP contribution in [0.5, 0.6) is 23.0 Å². The van der Waals surface area contributed by atoms with Gasteiger partial charge in [-0.25, -0.2) is 0 Å². The molecule has 60 heavy (non-hydrogen) atoms. The maximum atomic E-state index is 6.41. The van der Waals surface area contributed by atoms with Crippen molar-refractivity contribution >= 4 is 21.5 Å². The number of ether oxygens (including phenoxy) is 10. The highest BCUT2D eigenvalue weighted by Gasteiger charge is 2.53. The summed E-state index contributed by atoms with van der Waals surface area (Å²) in [6, 6.07) is 23.1. The van der Waals surface area contributed by atoms with Crippen molar-refractivity contribution in [1.82, 2.24) is 0 Å². The van der Waals surface area contributed by atoms with Gasteiger partial charge in [-0.1, -0.05) is 36.4 Å². The lowest BCUT2D eigenvalue weighted by Crippen LogP contribution is -2.33. The van der Waals surface area contributed by atoms with E-state index in [1.807, 2.05) is 0 Å². The maximum Gasteiger partial charge on any atom is 0.161 e. The summed E-state index contributed by atoms with van der Waals surface area (Å²) in [6.45, 7) is 8.01. The zero-order valence-electron chi connectivity index (χ0n) is 34.4. The summed E-state index contributed by atoms with van der Waals surface area (Å²) in [6.07, 6.45) is 5.84. The molecule has 0 fully saturated rings. The van der Waals surface area contributed by atoms with Crippen molar-refractivity contribution in [3.63, 3.8) is 0 Å². The average molecular weight is 815 g/mol. The van der Waals surface area contributed by atoms with Crippen LogP contribution in [0.3, 0.4) is 0 Å². The summed E-state index contributed by atoms with van der Waals surface area (Å²) in [5.41, 5.74) is 11.3. The van der Waals surface area contributed by atoms with Gasteiger partial charge in [-0.05, 0) is 129 Å². The zero-order valence-corrected chi connectivity index (χ0v) is 34.4. The second kappa shape index (κ2) is 16.5. The molecule has 0 amide bonds. The maximum absolute atomic E-state index is 6.41. The van der Waals surface area contributed by atoms with Crippen molar-refractivity contribution in [3.05, 3.63) is 105 Å². The van der Waals surface area contributed by atoms with Gasteiger partial charge in [0.05, 0.1) is 79.3 Å². The van der Waals surface area contributed by atoms with Gasteiger partial charge in [0.15, 0.2) is 23.0 Å². The molecule has 11 rings (SSSR count). The molecule has 0 bridgehead atoms. The highest BCUT2D eigenvalue weighted by Crippen LogP contribution is 2.61. The molecule has 0 saturated carbocycles. The van der Waals surface area contributed by atoms with Crippen molar-refractivity contribution in [2.45, 2.75) is 49.4 Å². The first kappa shape index (κ1) is 38.5. The summed E-state index contributed by atoms with van der Waals surface area (Å²) in [5, 5.41) is 5.72. The largest absolute Gasteiger partial charge is 0.487 e. The van der Waals surface area contributed by atoms with Gasteiger partial charge in [0.2, 0.25) is 0 Å². The Morgan fingerprint density at radius 3 is 0.867 bits per heavy atom. The van der Waals surface area contributed by atoms with Crippen molar-refractivity contribution < 1.29 is 47.4 Å². The van der Waals surface area contributed by atoms with Crippen molar-refractivity contribution in [1.29, 1.82) is 0 Å². The Hall–Kier alpha value is -4.42. The van der Waals surface area contributed by atoms with Gasteiger partial charge in [-0.2, -0.15) is 0 Å². The average Bonchev–Trinajstić information content (AvgIpc) is 3.98. The molecule has 5 aromatic rings. The van der Waals surface area contributed by atoms with Crippen molar-refractivity contribution in [3.8, 4) is 23.0 Å². The molecule has 0 N–H and O–H groups in total. The second-order valence-corrected chi connectivity index (χ2v) is 17.3. The first-order chi connectivity index (χ1) is 29.7. The van der Waals surface area contributed by atoms with Gasteiger partial charge < -0.3 is 47.4 Å². The zero-order chi connectivity index (χ0) is 39.9. The summed E-state index contributed by atoms with van der Waals surface area (Å²) >= 11 is 0. The van der Waals surface area contributed by atoms with Crippen LogP contribution in [0.2, 0.25) is 0 Å². The smallest absolute Gasteiger partial charge is 0.161 e. The van der Waals surface area contributed by atoms with E-state index in [0.717, 1.165) is 61.5 Å². The number of fused-ring (bicyclic) bond motifs is 8. The Balaban J connectivity index is 0.973. The number of rotatable bonds is 0. The highest BCUT2D eigenvalue weighted by molar-refractivity contribution is 6.15. The molecule has 10 heteroatoms. The van der Waals surface area contributed by atoms with E-state index in [1.54, 1.807) is 11.1 Å². The molecule has 0 unspecified atom stereocenters. The minimum Gasteiger partial charge on any atom is -0.487 e. The van der Waals surface area contributed by atoms with Crippen LogP contribution >= 0.6 is 0 Å². The van der Waals surface area contributed by atoms with Gasteiger partial charge in [-0.15, -0.1) is 0 Å². The molecule has 0 radical (unpaired) electrons. The summed E-state index contributed by atoms with van der Waals surface area (Å²) < 4.78 is 60.1. The number of hydrogen-bond acceptors (Lipinski definition) is 10. The van der Waals surface area contributed by atoms with Gasteiger partial charge in [-0.3, -0.25) is 0 Å². The molecule has 4 aliphatic carbocycles. The van der Waals surface area contributed by atoms with Gasteiger partial charge in [0.25, 0.3) is 0 Å². The fourth-order valence-corrected chi connectivity index (χ4v) is 11.3. The second-order valence-electron chi connectivity index (χ2n) is 17.3. The Kier molecular flexibility index (Phi) is 10.6. The Bertz CT molecular complexity index is 2150. The molecular formula is C50H54O10. The molecule has 0 saturated heterocycles. The van der Waals surface area contributed by atoms with E-state index in [9.17, 15) is 0 Å². The molecule has 0 atom stereocenters. The fraction of sp³-hybridized carbons (Fsp3) is 0.480. The third-order valence-corrected chi connectivity index (χ3v) is 13.5. The van der Waals surface area contributed by atoms with Crippen LogP contribution in [0.15, 0.2) is 60.7 Å². The van der Waals surface area contributed by atoms with E-state index < -0.39 is 0 Å².